The second-order valence-corrected chi connectivity index (χ2v) is 3.10. The van der Waals surface area contributed by atoms with Crippen LogP contribution in [-0.4, -0.2) is 13.7 Å². The Labute approximate surface area is 103 Å². The van der Waals surface area contributed by atoms with Crippen molar-refractivity contribution < 1.29 is 9.47 Å². The van der Waals surface area contributed by atoms with E-state index in [1.165, 1.54) is 0 Å². The molecule has 0 aromatic heterocycles. The quantitative estimate of drug-likeness (QED) is 0.809. The average Bonchev–Trinajstić information content (AvgIpc) is 2.29. The summed E-state index contributed by atoms with van der Waals surface area (Å²) in [5, 5.41) is 0. The van der Waals surface area contributed by atoms with Crippen molar-refractivity contribution in [1.29, 1.82) is 0 Å². The molecule has 0 fully saturated rings. The van der Waals surface area contributed by atoms with Gasteiger partial charge in [-0.05, 0) is 24.6 Å². The monoisotopic (exact) mass is 243 g/mol. The molecule has 2 N–H and O–H groups in total. The molecule has 1 atom stereocenters. The van der Waals surface area contributed by atoms with Gasteiger partial charge in [0.15, 0.2) is 11.5 Å². The molecule has 4 heteroatoms. The summed E-state index contributed by atoms with van der Waals surface area (Å²) in [6.07, 6.45) is 1.69. The van der Waals surface area contributed by atoms with Crippen LogP contribution in [0, 0.1) is 0 Å². The van der Waals surface area contributed by atoms with Gasteiger partial charge in [-0.1, -0.05) is 12.1 Å². The lowest BCUT2D eigenvalue weighted by atomic mass is 10.1. The third-order valence-corrected chi connectivity index (χ3v) is 2.13. The van der Waals surface area contributed by atoms with Gasteiger partial charge in [-0.2, -0.15) is 0 Å². The molecule has 0 saturated carbocycles. The highest BCUT2D eigenvalue weighted by atomic mass is 35.5. The molecule has 0 bridgehead atoms. The first-order chi connectivity index (χ1) is 7.22. The molecule has 0 aliphatic heterocycles. The van der Waals surface area contributed by atoms with Gasteiger partial charge in [-0.3, -0.25) is 0 Å². The van der Waals surface area contributed by atoms with E-state index in [2.05, 4.69) is 6.58 Å². The Hall–Kier alpha value is -1.19. The Morgan fingerprint density at radius 2 is 2.12 bits per heavy atom. The highest BCUT2D eigenvalue weighted by Crippen LogP contribution is 2.29. The summed E-state index contributed by atoms with van der Waals surface area (Å²) in [6, 6.07) is 5.48. The Balaban J connectivity index is 0.00000225. The van der Waals surface area contributed by atoms with Crippen LogP contribution < -0.4 is 15.2 Å². The first-order valence-corrected chi connectivity index (χ1v) is 4.91. The van der Waals surface area contributed by atoms with Gasteiger partial charge >= 0.3 is 0 Å². The Morgan fingerprint density at radius 3 is 2.62 bits per heavy atom. The molecule has 0 heterocycles. The maximum Gasteiger partial charge on any atom is 0.161 e. The third kappa shape index (κ3) is 3.43. The summed E-state index contributed by atoms with van der Waals surface area (Å²) >= 11 is 0. The molecule has 0 spiro atoms. The van der Waals surface area contributed by atoms with Gasteiger partial charge in [0.25, 0.3) is 0 Å². The van der Waals surface area contributed by atoms with E-state index >= 15 is 0 Å². The van der Waals surface area contributed by atoms with E-state index in [0.717, 1.165) is 11.3 Å². The molecule has 0 aliphatic carbocycles. The molecule has 1 rings (SSSR count). The zero-order chi connectivity index (χ0) is 11.3. The Morgan fingerprint density at radius 1 is 1.44 bits per heavy atom. The fourth-order valence-electron chi connectivity index (χ4n) is 1.30. The number of methoxy groups -OCH3 is 1. The van der Waals surface area contributed by atoms with Crippen molar-refractivity contribution in [1.82, 2.24) is 0 Å². The van der Waals surface area contributed by atoms with Crippen LogP contribution in [0.5, 0.6) is 11.5 Å². The average molecular weight is 244 g/mol. The zero-order valence-electron chi connectivity index (χ0n) is 9.60. The van der Waals surface area contributed by atoms with E-state index in [-0.39, 0.29) is 18.4 Å². The van der Waals surface area contributed by atoms with E-state index in [0.29, 0.717) is 12.4 Å². The highest BCUT2D eigenvalue weighted by Gasteiger charge is 2.08. The normalized spacial score (nSPS) is 11.2. The van der Waals surface area contributed by atoms with Crippen molar-refractivity contribution >= 4 is 12.4 Å². The third-order valence-electron chi connectivity index (χ3n) is 2.13. The molecule has 0 saturated heterocycles. The van der Waals surface area contributed by atoms with Gasteiger partial charge in [-0.15, -0.1) is 19.0 Å². The number of hydrogen-bond acceptors (Lipinski definition) is 3. The predicted octanol–water partition coefficient (Wildman–Crippen LogP) is 2.70. The fourth-order valence-corrected chi connectivity index (χ4v) is 1.30. The maximum absolute atomic E-state index is 5.83. The maximum atomic E-state index is 5.83. The second-order valence-electron chi connectivity index (χ2n) is 3.10. The van der Waals surface area contributed by atoms with Crippen molar-refractivity contribution in [3.8, 4) is 11.5 Å². The lowest BCUT2D eigenvalue weighted by Gasteiger charge is -2.12. The molecular formula is C12H18ClNO2. The van der Waals surface area contributed by atoms with Crippen molar-refractivity contribution in [3.63, 3.8) is 0 Å². The van der Waals surface area contributed by atoms with Crippen LogP contribution in [0.1, 0.15) is 18.5 Å². The van der Waals surface area contributed by atoms with Crippen LogP contribution in [0.4, 0.5) is 0 Å². The lowest BCUT2D eigenvalue weighted by Crippen LogP contribution is -2.07. The first kappa shape index (κ1) is 14.8. The van der Waals surface area contributed by atoms with E-state index in [1.807, 2.05) is 25.1 Å². The molecule has 90 valence electrons. The number of rotatable bonds is 5. The largest absolute Gasteiger partial charge is 0.493 e. The van der Waals surface area contributed by atoms with Crippen molar-refractivity contribution in [2.45, 2.75) is 13.0 Å². The van der Waals surface area contributed by atoms with Gasteiger partial charge in [0.2, 0.25) is 0 Å². The zero-order valence-corrected chi connectivity index (χ0v) is 10.4. The molecular weight excluding hydrogens is 226 g/mol. The van der Waals surface area contributed by atoms with Crippen LogP contribution in [0.3, 0.4) is 0 Å². The SMILES string of the molecule is C=C[C@H](N)c1ccc(OCC)c(OC)c1.Cl. The van der Waals surface area contributed by atoms with E-state index in [9.17, 15) is 0 Å². The number of benzene rings is 1. The summed E-state index contributed by atoms with van der Waals surface area (Å²) in [6.45, 7) is 6.20. The van der Waals surface area contributed by atoms with Crippen molar-refractivity contribution in [2.75, 3.05) is 13.7 Å². The molecule has 16 heavy (non-hydrogen) atoms. The Kier molecular flexibility index (Phi) is 6.61. The number of nitrogens with two attached hydrogens (primary N) is 1. The van der Waals surface area contributed by atoms with Gasteiger partial charge < -0.3 is 15.2 Å². The topological polar surface area (TPSA) is 44.5 Å². The smallest absolute Gasteiger partial charge is 0.161 e. The van der Waals surface area contributed by atoms with Gasteiger partial charge in [0.1, 0.15) is 0 Å². The first-order valence-electron chi connectivity index (χ1n) is 4.91. The number of halogens is 1. The van der Waals surface area contributed by atoms with Gasteiger partial charge in [-0.25, -0.2) is 0 Å². The van der Waals surface area contributed by atoms with E-state index in [4.69, 9.17) is 15.2 Å². The minimum atomic E-state index is -0.172. The lowest BCUT2D eigenvalue weighted by molar-refractivity contribution is 0.310. The molecule has 3 nitrogen and oxygen atoms in total. The van der Waals surface area contributed by atoms with Crippen molar-refractivity contribution in [3.05, 3.63) is 36.4 Å². The van der Waals surface area contributed by atoms with Crippen LogP contribution in [0.2, 0.25) is 0 Å². The molecule has 0 aliphatic rings. The van der Waals surface area contributed by atoms with Crippen LogP contribution >= 0.6 is 12.4 Å². The van der Waals surface area contributed by atoms with E-state index in [1.54, 1.807) is 13.2 Å². The second kappa shape index (κ2) is 7.14. The summed E-state index contributed by atoms with van der Waals surface area (Å²) in [7, 11) is 1.61. The summed E-state index contributed by atoms with van der Waals surface area (Å²) in [5.74, 6) is 1.44. The summed E-state index contributed by atoms with van der Waals surface area (Å²) < 4.78 is 10.6. The summed E-state index contributed by atoms with van der Waals surface area (Å²) in [5.41, 5.74) is 6.79. The molecule has 0 amide bonds. The van der Waals surface area contributed by atoms with Crippen LogP contribution in [0.25, 0.3) is 0 Å². The van der Waals surface area contributed by atoms with Gasteiger partial charge in [0, 0.05) is 6.04 Å². The molecule has 1 aromatic carbocycles. The summed E-state index contributed by atoms with van der Waals surface area (Å²) in [4.78, 5) is 0. The highest BCUT2D eigenvalue weighted by molar-refractivity contribution is 5.85. The standard InChI is InChI=1S/C12H17NO2.ClH/c1-4-10(13)9-6-7-11(15-5-2)12(8-9)14-3;/h4,6-8,10H,1,5,13H2,2-3H3;1H/t10-;/m0./s1. The number of hydrogen-bond donors (Lipinski definition) is 1. The van der Waals surface area contributed by atoms with Crippen molar-refractivity contribution in [2.24, 2.45) is 5.73 Å². The van der Waals surface area contributed by atoms with Crippen LogP contribution in [0.15, 0.2) is 30.9 Å². The Bertz CT molecular complexity index is 342. The molecule has 1 aromatic rings. The molecule has 0 radical (unpaired) electrons. The molecule has 0 unspecified atom stereocenters. The fraction of sp³-hybridized carbons (Fsp3) is 0.333. The van der Waals surface area contributed by atoms with Crippen LogP contribution in [-0.2, 0) is 0 Å². The minimum absolute atomic E-state index is 0. The minimum Gasteiger partial charge on any atom is -0.493 e. The predicted molar refractivity (Wildman–Crippen MR) is 68.5 cm³/mol. The van der Waals surface area contributed by atoms with Gasteiger partial charge in [0.05, 0.1) is 13.7 Å². The van der Waals surface area contributed by atoms with E-state index < -0.39 is 0 Å². The number of ether oxygens (including phenoxy) is 2.